The average Bonchev–Trinajstić information content (AvgIpc) is 3.31. The fourth-order valence-electron chi connectivity index (χ4n) is 4.36. The topological polar surface area (TPSA) is 60.0 Å². The van der Waals surface area contributed by atoms with Gasteiger partial charge in [0.15, 0.2) is 11.5 Å². The molecule has 2 aromatic rings. The molecule has 2 aliphatic rings. The molecule has 32 heavy (non-hydrogen) atoms. The number of aryl methyl sites for hydroxylation is 1. The second kappa shape index (κ2) is 10.9. The lowest BCUT2D eigenvalue weighted by molar-refractivity contribution is -0.121. The van der Waals surface area contributed by atoms with E-state index in [9.17, 15) is 4.79 Å². The fraction of sp³-hybridized carbons (Fsp3) is 0.480. The number of carbonyl (C=O) groups is 1. The highest BCUT2D eigenvalue weighted by Gasteiger charge is 2.21. The second-order valence-electron chi connectivity index (χ2n) is 8.42. The number of likely N-dealkylation sites (tertiary alicyclic amines) is 1. The summed E-state index contributed by atoms with van der Waals surface area (Å²) in [4.78, 5) is 15.2. The van der Waals surface area contributed by atoms with Crippen molar-refractivity contribution >= 4 is 17.5 Å². The van der Waals surface area contributed by atoms with Crippen molar-refractivity contribution < 1.29 is 19.0 Å². The number of fused-ring (bicyclic) bond motifs is 1. The van der Waals surface area contributed by atoms with Crippen LogP contribution >= 0.6 is 11.6 Å². The van der Waals surface area contributed by atoms with Gasteiger partial charge < -0.3 is 24.4 Å². The van der Waals surface area contributed by atoms with Crippen LogP contribution in [0.4, 0.5) is 0 Å². The fourth-order valence-corrected chi connectivity index (χ4v) is 4.64. The van der Waals surface area contributed by atoms with Crippen LogP contribution in [0.2, 0.25) is 5.02 Å². The molecule has 1 atom stereocenters. The Balaban J connectivity index is 1.37. The zero-order valence-corrected chi connectivity index (χ0v) is 19.3. The molecule has 1 amide bonds. The number of rotatable bonds is 9. The average molecular weight is 459 g/mol. The number of hydrogen-bond donors (Lipinski definition) is 1. The van der Waals surface area contributed by atoms with Gasteiger partial charge in [-0.3, -0.25) is 4.79 Å². The van der Waals surface area contributed by atoms with Crippen molar-refractivity contribution in [2.75, 3.05) is 40.0 Å². The van der Waals surface area contributed by atoms with E-state index in [1.807, 2.05) is 30.3 Å². The highest BCUT2D eigenvalue weighted by Crippen LogP contribution is 2.31. The van der Waals surface area contributed by atoms with Gasteiger partial charge in [0.1, 0.15) is 19.0 Å². The Morgan fingerprint density at radius 2 is 1.84 bits per heavy atom. The molecule has 0 saturated carbocycles. The van der Waals surface area contributed by atoms with E-state index in [2.05, 4.69) is 16.3 Å². The molecule has 4 rings (SSSR count). The molecule has 0 bridgehead atoms. The van der Waals surface area contributed by atoms with Crippen molar-refractivity contribution in [3.05, 3.63) is 52.5 Å². The van der Waals surface area contributed by atoms with Crippen LogP contribution < -0.4 is 19.5 Å². The van der Waals surface area contributed by atoms with Gasteiger partial charge in [0.05, 0.1) is 12.1 Å². The maximum Gasteiger partial charge on any atom is 0.220 e. The van der Waals surface area contributed by atoms with Crippen molar-refractivity contribution in [3.8, 4) is 17.2 Å². The van der Waals surface area contributed by atoms with E-state index in [0.717, 1.165) is 48.7 Å². The Morgan fingerprint density at radius 3 is 2.59 bits per heavy atom. The van der Waals surface area contributed by atoms with Crippen LogP contribution in [-0.4, -0.2) is 56.8 Å². The Morgan fingerprint density at radius 1 is 1.09 bits per heavy atom. The van der Waals surface area contributed by atoms with Gasteiger partial charge in [-0.25, -0.2) is 0 Å². The minimum atomic E-state index is 0.0441. The van der Waals surface area contributed by atoms with E-state index in [-0.39, 0.29) is 11.9 Å². The van der Waals surface area contributed by atoms with Crippen molar-refractivity contribution in [3.63, 3.8) is 0 Å². The molecule has 1 fully saturated rings. The predicted octanol–water partition coefficient (Wildman–Crippen LogP) is 3.88. The Hall–Kier alpha value is -2.44. The van der Waals surface area contributed by atoms with Gasteiger partial charge in [-0.15, -0.1) is 0 Å². The maximum atomic E-state index is 12.8. The minimum Gasteiger partial charge on any atom is -0.495 e. The molecule has 0 radical (unpaired) electrons. The molecular formula is C25H31ClN2O4. The number of hydrogen-bond acceptors (Lipinski definition) is 5. The molecule has 2 aliphatic heterocycles. The van der Waals surface area contributed by atoms with E-state index < -0.39 is 0 Å². The SMILES string of the molecule is COc1ccc(CCC(=O)N[C@@H](Cc2ccc3c(c2)OCCO3)CN2CCCC2)cc1Cl. The summed E-state index contributed by atoms with van der Waals surface area (Å²) in [5.74, 6) is 2.28. The van der Waals surface area contributed by atoms with Crippen molar-refractivity contribution in [2.45, 2.75) is 38.1 Å². The quantitative estimate of drug-likeness (QED) is 0.618. The molecule has 172 valence electrons. The lowest BCUT2D eigenvalue weighted by Crippen LogP contribution is -2.44. The van der Waals surface area contributed by atoms with Crippen LogP contribution in [0.5, 0.6) is 17.2 Å². The van der Waals surface area contributed by atoms with Crippen molar-refractivity contribution in [2.24, 2.45) is 0 Å². The molecule has 1 saturated heterocycles. The molecular weight excluding hydrogens is 428 g/mol. The monoisotopic (exact) mass is 458 g/mol. The van der Waals surface area contributed by atoms with Crippen LogP contribution in [0.3, 0.4) is 0 Å². The summed E-state index contributed by atoms with van der Waals surface area (Å²) in [6.07, 6.45) is 4.26. The van der Waals surface area contributed by atoms with Crippen LogP contribution in [0, 0.1) is 0 Å². The van der Waals surface area contributed by atoms with Gasteiger partial charge in [0.2, 0.25) is 5.91 Å². The summed E-state index contributed by atoms with van der Waals surface area (Å²) in [5, 5.41) is 3.84. The first-order valence-corrected chi connectivity index (χ1v) is 11.7. The van der Waals surface area contributed by atoms with Crippen molar-refractivity contribution in [1.82, 2.24) is 10.2 Å². The number of methoxy groups -OCH3 is 1. The molecule has 6 nitrogen and oxygen atoms in total. The van der Waals surface area contributed by atoms with Gasteiger partial charge in [-0.1, -0.05) is 23.7 Å². The standard InChI is InChI=1S/C25H31ClN2O4/c1-30-22-7-4-18(15-21(22)26)6-9-25(29)27-20(17-28-10-2-3-11-28)14-19-5-8-23-24(16-19)32-13-12-31-23/h4-5,7-8,15-16,20H,2-3,6,9-14,17H2,1H3,(H,27,29)/t20-/m0/s1. The first-order valence-electron chi connectivity index (χ1n) is 11.3. The van der Waals surface area contributed by atoms with Crippen molar-refractivity contribution in [1.29, 1.82) is 0 Å². The number of halogens is 1. The number of nitrogens with one attached hydrogen (secondary N) is 1. The number of nitrogens with zero attached hydrogens (tertiary/aromatic N) is 1. The predicted molar refractivity (Wildman–Crippen MR) is 125 cm³/mol. The van der Waals surface area contributed by atoms with Gasteiger partial charge >= 0.3 is 0 Å². The molecule has 2 heterocycles. The third-order valence-electron chi connectivity index (χ3n) is 5.99. The van der Waals surface area contributed by atoms with Crippen LogP contribution in [0.1, 0.15) is 30.4 Å². The molecule has 0 aliphatic carbocycles. The van der Waals surface area contributed by atoms with E-state index in [1.165, 1.54) is 12.8 Å². The number of amides is 1. The summed E-state index contributed by atoms with van der Waals surface area (Å²) >= 11 is 6.21. The lowest BCUT2D eigenvalue weighted by Gasteiger charge is -2.25. The highest BCUT2D eigenvalue weighted by molar-refractivity contribution is 6.32. The van der Waals surface area contributed by atoms with Crippen LogP contribution in [0.25, 0.3) is 0 Å². The summed E-state index contributed by atoms with van der Waals surface area (Å²) in [6.45, 7) is 4.20. The number of ether oxygens (including phenoxy) is 3. The van der Waals surface area contributed by atoms with E-state index in [0.29, 0.717) is 36.8 Å². The lowest BCUT2D eigenvalue weighted by atomic mass is 10.0. The third kappa shape index (κ3) is 6.08. The number of benzene rings is 2. The smallest absolute Gasteiger partial charge is 0.220 e. The third-order valence-corrected chi connectivity index (χ3v) is 6.28. The summed E-state index contributed by atoms with van der Waals surface area (Å²) < 4.78 is 16.6. The van der Waals surface area contributed by atoms with Gasteiger partial charge in [0.25, 0.3) is 0 Å². The second-order valence-corrected chi connectivity index (χ2v) is 8.83. The first-order chi connectivity index (χ1) is 15.6. The van der Waals surface area contributed by atoms with Gasteiger partial charge in [-0.2, -0.15) is 0 Å². The molecule has 1 N–H and O–H groups in total. The normalized spacial score (nSPS) is 16.6. The van der Waals surface area contributed by atoms with Crippen LogP contribution in [-0.2, 0) is 17.6 Å². The minimum absolute atomic E-state index is 0.0441. The van der Waals surface area contributed by atoms with Crippen LogP contribution in [0.15, 0.2) is 36.4 Å². The summed E-state index contributed by atoms with van der Waals surface area (Å²) in [6, 6.07) is 11.8. The summed E-state index contributed by atoms with van der Waals surface area (Å²) in [7, 11) is 1.59. The molecule has 0 spiro atoms. The first kappa shape index (κ1) is 22.7. The molecule has 7 heteroatoms. The Labute approximate surface area is 194 Å². The largest absolute Gasteiger partial charge is 0.495 e. The zero-order chi connectivity index (χ0) is 22.3. The highest BCUT2D eigenvalue weighted by atomic mass is 35.5. The number of carbonyl (C=O) groups excluding carboxylic acids is 1. The summed E-state index contributed by atoms with van der Waals surface area (Å²) in [5.41, 5.74) is 2.16. The van der Waals surface area contributed by atoms with E-state index in [1.54, 1.807) is 7.11 Å². The molecule has 0 unspecified atom stereocenters. The van der Waals surface area contributed by atoms with Gasteiger partial charge in [0, 0.05) is 19.0 Å². The van der Waals surface area contributed by atoms with E-state index >= 15 is 0 Å². The molecule has 2 aromatic carbocycles. The van der Waals surface area contributed by atoms with E-state index in [4.69, 9.17) is 25.8 Å². The molecule has 0 aromatic heterocycles. The Bertz CT molecular complexity index is 930. The zero-order valence-electron chi connectivity index (χ0n) is 18.6. The van der Waals surface area contributed by atoms with Gasteiger partial charge in [-0.05, 0) is 74.2 Å². The Kier molecular flexibility index (Phi) is 7.76. The maximum absolute atomic E-state index is 12.8.